The summed E-state index contributed by atoms with van der Waals surface area (Å²) in [6.45, 7) is 15.4. The maximum atomic E-state index is 12.4. The van der Waals surface area contributed by atoms with Crippen LogP contribution in [0.1, 0.15) is 35.1 Å². The number of aryl methyl sites for hydroxylation is 3. The molecule has 1 aliphatic rings. The van der Waals surface area contributed by atoms with Gasteiger partial charge in [0.05, 0.1) is 5.57 Å². The summed E-state index contributed by atoms with van der Waals surface area (Å²) in [4.78, 5) is 43.6. The Morgan fingerprint density at radius 3 is 2.33 bits per heavy atom. The molecule has 0 spiro atoms. The Morgan fingerprint density at radius 2 is 1.67 bits per heavy atom. The van der Waals surface area contributed by atoms with Gasteiger partial charge in [-0.05, 0) is 55.5 Å². The quantitative estimate of drug-likeness (QED) is 0.479. The van der Waals surface area contributed by atoms with Gasteiger partial charge in [-0.2, -0.15) is 4.99 Å². The fraction of sp³-hybridized carbons (Fsp3) is 0.286. The van der Waals surface area contributed by atoms with E-state index in [1.807, 2.05) is 67.0 Å². The number of carboxylic acids is 1. The number of amidine groups is 1. The van der Waals surface area contributed by atoms with Crippen molar-refractivity contribution >= 4 is 35.1 Å². The molecule has 0 saturated heterocycles. The fourth-order valence-corrected chi connectivity index (χ4v) is 4.10. The summed E-state index contributed by atoms with van der Waals surface area (Å²) in [6, 6.07) is 13.0. The van der Waals surface area contributed by atoms with Crippen LogP contribution < -0.4 is 10.2 Å². The summed E-state index contributed by atoms with van der Waals surface area (Å²) >= 11 is 0. The highest BCUT2D eigenvalue weighted by atomic mass is 16.4. The molecule has 0 aliphatic carbocycles. The summed E-state index contributed by atoms with van der Waals surface area (Å²) in [5.41, 5.74) is 5.76. The van der Waals surface area contributed by atoms with Crippen molar-refractivity contribution in [2.75, 3.05) is 24.5 Å². The minimum absolute atomic E-state index is 0.0384. The highest BCUT2D eigenvalue weighted by Gasteiger charge is 2.29. The number of carbonyl (C=O) groups is 3. The van der Waals surface area contributed by atoms with Gasteiger partial charge in [-0.25, -0.2) is 4.79 Å². The maximum Gasteiger partial charge on any atom is 0.349 e. The number of benzene rings is 2. The lowest BCUT2D eigenvalue weighted by atomic mass is 10.0. The van der Waals surface area contributed by atoms with Crippen molar-refractivity contribution in [1.29, 1.82) is 0 Å². The predicted molar refractivity (Wildman–Crippen MR) is 142 cm³/mol. The topological polar surface area (TPSA) is 102 Å². The summed E-state index contributed by atoms with van der Waals surface area (Å²) in [5, 5.41) is 11.3. The number of hydrogen-bond acceptors (Lipinski definition) is 5. The molecule has 0 aromatic heterocycles. The zero-order valence-corrected chi connectivity index (χ0v) is 21.0. The Balaban J connectivity index is 1.97. The van der Waals surface area contributed by atoms with Crippen LogP contribution in [0.3, 0.4) is 0 Å². The van der Waals surface area contributed by atoms with E-state index in [-0.39, 0.29) is 17.8 Å². The van der Waals surface area contributed by atoms with E-state index in [0.29, 0.717) is 26.1 Å². The first-order valence-electron chi connectivity index (χ1n) is 11.8. The van der Waals surface area contributed by atoms with Crippen LogP contribution in [0.4, 0.5) is 10.5 Å². The lowest BCUT2D eigenvalue weighted by molar-refractivity contribution is -0.137. The first-order chi connectivity index (χ1) is 17.1. The van der Waals surface area contributed by atoms with Gasteiger partial charge in [0.1, 0.15) is 0 Å². The molecule has 188 valence electrons. The zero-order chi connectivity index (χ0) is 26.4. The zero-order valence-electron chi connectivity index (χ0n) is 21.0. The minimum Gasteiger partial charge on any atom is -0.481 e. The van der Waals surface area contributed by atoms with Crippen LogP contribution in [0.25, 0.3) is 5.70 Å². The Hall–Kier alpha value is -4.20. The number of aliphatic carboxylic acids is 1. The average Bonchev–Trinajstić information content (AvgIpc) is 2.83. The number of carboxylic acid groups (broad SMARTS) is 1. The van der Waals surface area contributed by atoms with Crippen molar-refractivity contribution in [3.8, 4) is 0 Å². The van der Waals surface area contributed by atoms with E-state index in [1.165, 1.54) is 0 Å². The monoisotopic (exact) mass is 488 g/mol. The molecule has 8 heteroatoms. The number of nitrogens with one attached hydrogen (secondary N) is 1. The number of aliphatic imine (C=N–C) groups is 1. The number of amides is 3. The second-order valence-corrected chi connectivity index (χ2v) is 8.84. The van der Waals surface area contributed by atoms with Crippen LogP contribution in [0.5, 0.6) is 0 Å². The van der Waals surface area contributed by atoms with Gasteiger partial charge >= 0.3 is 12.0 Å². The molecule has 2 aromatic carbocycles. The van der Waals surface area contributed by atoms with Crippen LogP contribution in [0.2, 0.25) is 0 Å². The van der Waals surface area contributed by atoms with E-state index in [0.717, 1.165) is 33.6 Å². The standard InChI is InChI=1S/C28H32N4O4/c1-18-16-20(3)24(17-19(18)2)32(26-21(4)27(35)30-28(36)29-26)15-14-31(13-9-12-25(33)34)22(5)23-10-7-6-8-11-23/h6-8,10-11,16-17H,4-5,9,12-15H2,1-3H3,(H,33,34)(H,30,35,36). The molecule has 0 radical (unpaired) electrons. The van der Waals surface area contributed by atoms with Crippen molar-refractivity contribution in [2.24, 2.45) is 4.99 Å². The van der Waals surface area contributed by atoms with E-state index in [9.17, 15) is 14.4 Å². The number of rotatable bonds is 10. The second kappa shape index (κ2) is 11.5. The van der Waals surface area contributed by atoms with Gasteiger partial charge in [-0.1, -0.05) is 49.6 Å². The molecule has 0 fully saturated rings. The molecular formula is C28H32N4O4. The van der Waals surface area contributed by atoms with E-state index in [1.54, 1.807) is 0 Å². The van der Waals surface area contributed by atoms with Crippen LogP contribution in [-0.4, -0.2) is 53.4 Å². The van der Waals surface area contributed by atoms with Crippen molar-refractivity contribution in [3.63, 3.8) is 0 Å². The Bertz CT molecular complexity index is 1230. The molecular weight excluding hydrogens is 456 g/mol. The van der Waals surface area contributed by atoms with Crippen LogP contribution >= 0.6 is 0 Å². The lowest BCUT2D eigenvalue weighted by Crippen LogP contribution is -2.47. The molecule has 8 nitrogen and oxygen atoms in total. The smallest absolute Gasteiger partial charge is 0.349 e. The summed E-state index contributed by atoms with van der Waals surface area (Å²) in [7, 11) is 0. The molecule has 0 atom stereocenters. The largest absolute Gasteiger partial charge is 0.481 e. The van der Waals surface area contributed by atoms with Crippen molar-refractivity contribution in [3.05, 3.63) is 83.4 Å². The predicted octanol–water partition coefficient (Wildman–Crippen LogP) is 4.46. The molecule has 3 amide bonds. The van der Waals surface area contributed by atoms with Crippen LogP contribution in [-0.2, 0) is 9.59 Å². The third kappa shape index (κ3) is 6.27. The van der Waals surface area contributed by atoms with Gasteiger partial charge in [-0.15, -0.1) is 0 Å². The molecule has 36 heavy (non-hydrogen) atoms. The number of anilines is 1. The van der Waals surface area contributed by atoms with Gasteiger partial charge in [0.25, 0.3) is 5.91 Å². The van der Waals surface area contributed by atoms with Crippen molar-refractivity contribution in [1.82, 2.24) is 10.2 Å². The number of imide groups is 1. The third-order valence-electron chi connectivity index (χ3n) is 6.23. The first-order valence-corrected chi connectivity index (χ1v) is 11.8. The lowest BCUT2D eigenvalue weighted by Gasteiger charge is -2.34. The van der Waals surface area contributed by atoms with Gasteiger partial charge in [0.2, 0.25) is 0 Å². The molecule has 2 N–H and O–H groups in total. The third-order valence-corrected chi connectivity index (χ3v) is 6.23. The van der Waals surface area contributed by atoms with Crippen molar-refractivity contribution in [2.45, 2.75) is 33.6 Å². The van der Waals surface area contributed by atoms with Gasteiger partial charge in [-0.3, -0.25) is 14.9 Å². The van der Waals surface area contributed by atoms with E-state index < -0.39 is 17.9 Å². The molecule has 1 aliphatic heterocycles. The summed E-state index contributed by atoms with van der Waals surface area (Å²) in [6.07, 6.45) is 0.481. The van der Waals surface area contributed by atoms with E-state index in [2.05, 4.69) is 29.5 Å². The number of carbonyl (C=O) groups excluding carboxylic acids is 2. The fourth-order valence-electron chi connectivity index (χ4n) is 4.10. The number of nitrogens with zero attached hydrogens (tertiary/aromatic N) is 3. The summed E-state index contributed by atoms with van der Waals surface area (Å²) in [5.74, 6) is -1.24. The van der Waals surface area contributed by atoms with Crippen LogP contribution in [0, 0.1) is 20.8 Å². The number of hydrogen-bond donors (Lipinski definition) is 2. The molecule has 0 bridgehead atoms. The second-order valence-electron chi connectivity index (χ2n) is 8.84. The first kappa shape index (κ1) is 26.4. The highest BCUT2D eigenvalue weighted by Crippen LogP contribution is 2.27. The Morgan fingerprint density at radius 1 is 1.00 bits per heavy atom. The van der Waals surface area contributed by atoms with Gasteiger partial charge in [0.15, 0.2) is 5.84 Å². The molecule has 3 rings (SSSR count). The maximum absolute atomic E-state index is 12.4. The Labute approximate surface area is 211 Å². The van der Waals surface area contributed by atoms with Gasteiger partial charge < -0.3 is 14.9 Å². The molecule has 0 unspecified atom stereocenters. The normalized spacial score (nSPS) is 13.2. The molecule has 0 saturated carbocycles. The SMILES string of the molecule is C=C1C(=O)NC(=O)N=C1N(CCN(CCCC(=O)O)C(=C)c1ccccc1)c1cc(C)c(C)cc1C. The summed E-state index contributed by atoms with van der Waals surface area (Å²) < 4.78 is 0. The van der Waals surface area contributed by atoms with Crippen molar-refractivity contribution < 1.29 is 19.5 Å². The van der Waals surface area contributed by atoms with E-state index in [4.69, 9.17) is 5.11 Å². The Kier molecular flexibility index (Phi) is 8.42. The van der Waals surface area contributed by atoms with Crippen LogP contribution in [0.15, 0.2) is 66.2 Å². The number of urea groups is 1. The minimum atomic E-state index is -0.856. The highest BCUT2D eigenvalue weighted by molar-refractivity contribution is 6.32. The molecule has 1 heterocycles. The van der Waals surface area contributed by atoms with E-state index >= 15 is 0 Å². The molecule has 2 aromatic rings. The van der Waals surface area contributed by atoms with Gasteiger partial charge in [0, 0.05) is 37.4 Å². The average molecular weight is 489 g/mol.